The molecule has 2 aromatic rings. The van der Waals surface area contributed by atoms with Crippen molar-refractivity contribution < 1.29 is 28.2 Å². The van der Waals surface area contributed by atoms with Crippen LogP contribution in [0.2, 0.25) is 0 Å². The molecule has 1 aliphatic heterocycles. The first-order chi connectivity index (χ1) is 16.2. The molecule has 3 amide bonds. The van der Waals surface area contributed by atoms with Crippen molar-refractivity contribution in [2.45, 2.75) is 33.3 Å². The number of benzene rings is 2. The highest BCUT2D eigenvalue weighted by Gasteiger charge is 2.36. The number of amides is 3. The molecule has 180 valence electrons. The van der Waals surface area contributed by atoms with E-state index in [0.717, 1.165) is 29.1 Å². The van der Waals surface area contributed by atoms with Crippen molar-refractivity contribution in [3.63, 3.8) is 0 Å². The number of halogens is 2. The summed E-state index contributed by atoms with van der Waals surface area (Å²) in [5, 5.41) is 1.92. The average molecular weight is 551 g/mol. The van der Waals surface area contributed by atoms with Gasteiger partial charge in [0.25, 0.3) is 11.1 Å². The third kappa shape index (κ3) is 6.38. The van der Waals surface area contributed by atoms with E-state index in [1.54, 1.807) is 18.2 Å². The molecule has 0 bridgehead atoms. The highest BCUT2D eigenvalue weighted by atomic mass is 79.9. The van der Waals surface area contributed by atoms with Crippen LogP contribution >= 0.6 is 27.7 Å². The molecule has 1 atom stereocenters. The van der Waals surface area contributed by atoms with Gasteiger partial charge in [-0.05, 0) is 89.9 Å². The van der Waals surface area contributed by atoms with Crippen molar-refractivity contribution in [1.29, 1.82) is 0 Å². The number of nitrogens with one attached hydrogen (secondary N) is 1. The van der Waals surface area contributed by atoms with Gasteiger partial charge >= 0.3 is 0 Å². The summed E-state index contributed by atoms with van der Waals surface area (Å²) >= 11 is 4.24. The van der Waals surface area contributed by atoms with Gasteiger partial charge in [0.15, 0.2) is 11.5 Å². The molecule has 0 spiro atoms. The van der Waals surface area contributed by atoms with E-state index >= 15 is 0 Å². The molecule has 1 fully saturated rings. The second-order valence-corrected chi connectivity index (χ2v) is 9.27. The number of thioether (sulfide) groups is 1. The van der Waals surface area contributed by atoms with E-state index in [4.69, 9.17) is 9.47 Å². The number of carbonyl (C=O) groups is 3. The third-order valence-corrected chi connectivity index (χ3v) is 6.30. The molecule has 0 aliphatic carbocycles. The lowest BCUT2D eigenvalue weighted by Crippen LogP contribution is -2.36. The van der Waals surface area contributed by atoms with Crippen LogP contribution in [0.5, 0.6) is 11.5 Å². The summed E-state index contributed by atoms with van der Waals surface area (Å²) < 4.78 is 25.7. The van der Waals surface area contributed by atoms with Gasteiger partial charge in [-0.25, -0.2) is 4.39 Å². The number of nitrogens with zero attached hydrogens (tertiary/aromatic N) is 1. The number of rotatable bonds is 9. The standard InChI is InChI=1S/C24H24BrFN2O5S/c1-4-14(3)33-22-18(25)9-15(10-19(22)32-5-2)11-20-23(30)28(24(31)34-20)13-21(29)27-17-8-6-7-16(26)12-17/h6-12,14H,4-5,13H2,1-3H3,(H,27,29)/b20-11+/t14-/m1/s1. The molecule has 1 saturated heterocycles. The summed E-state index contributed by atoms with van der Waals surface area (Å²) in [6.07, 6.45) is 2.37. The van der Waals surface area contributed by atoms with Crippen molar-refractivity contribution in [1.82, 2.24) is 4.90 Å². The van der Waals surface area contributed by atoms with Crippen molar-refractivity contribution in [3.05, 3.63) is 57.2 Å². The van der Waals surface area contributed by atoms with Crippen LogP contribution in [0.4, 0.5) is 14.9 Å². The Morgan fingerprint density at radius 1 is 1.26 bits per heavy atom. The lowest BCUT2D eigenvalue weighted by molar-refractivity contribution is -0.127. The van der Waals surface area contributed by atoms with Crippen LogP contribution in [-0.4, -0.2) is 41.2 Å². The maximum absolute atomic E-state index is 13.3. The third-order valence-electron chi connectivity index (χ3n) is 4.81. The van der Waals surface area contributed by atoms with Crippen LogP contribution in [0.15, 0.2) is 45.8 Å². The van der Waals surface area contributed by atoms with Crippen molar-refractivity contribution in [3.8, 4) is 11.5 Å². The molecular weight excluding hydrogens is 527 g/mol. The van der Waals surface area contributed by atoms with Crippen molar-refractivity contribution in [2.24, 2.45) is 0 Å². The van der Waals surface area contributed by atoms with Crippen LogP contribution in [0, 0.1) is 5.82 Å². The average Bonchev–Trinajstić information content (AvgIpc) is 3.03. The van der Waals surface area contributed by atoms with E-state index in [9.17, 15) is 18.8 Å². The maximum atomic E-state index is 13.3. The van der Waals surface area contributed by atoms with Crippen LogP contribution in [0.25, 0.3) is 6.08 Å². The van der Waals surface area contributed by atoms with E-state index in [1.165, 1.54) is 18.2 Å². The van der Waals surface area contributed by atoms with Crippen LogP contribution in [-0.2, 0) is 9.59 Å². The molecule has 10 heteroatoms. The summed E-state index contributed by atoms with van der Waals surface area (Å²) in [4.78, 5) is 38.6. The monoisotopic (exact) mass is 550 g/mol. The first-order valence-electron chi connectivity index (χ1n) is 10.7. The Balaban J connectivity index is 1.78. The molecule has 0 radical (unpaired) electrons. The summed E-state index contributed by atoms with van der Waals surface area (Å²) in [6.45, 7) is 5.77. The van der Waals surface area contributed by atoms with Gasteiger partial charge in [0.2, 0.25) is 5.91 Å². The van der Waals surface area contributed by atoms with Gasteiger partial charge in [0.1, 0.15) is 12.4 Å². The van der Waals surface area contributed by atoms with E-state index in [1.807, 2.05) is 20.8 Å². The number of anilines is 1. The fourth-order valence-electron chi connectivity index (χ4n) is 3.03. The molecule has 1 N–H and O–H groups in total. The van der Waals surface area contributed by atoms with Gasteiger partial charge in [0, 0.05) is 5.69 Å². The fourth-order valence-corrected chi connectivity index (χ4v) is 4.42. The number of carbonyl (C=O) groups excluding carboxylic acids is 3. The SMILES string of the molecule is CCOc1cc(/C=C2/SC(=O)N(CC(=O)Nc3cccc(F)c3)C2=O)cc(Br)c1O[C@H](C)CC. The Kier molecular flexibility index (Phi) is 8.73. The Hall–Kier alpha value is -2.85. The Labute approximate surface area is 209 Å². The Morgan fingerprint density at radius 3 is 2.71 bits per heavy atom. The minimum atomic E-state index is -0.609. The quantitative estimate of drug-likeness (QED) is 0.395. The summed E-state index contributed by atoms with van der Waals surface area (Å²) in [6, 6.07) is 8.85. The molecule has 3 rings (SSSR count). The van der Waals surface area contributed by atoms with Gasteiger partial charge in [-0.1, -0.05) is 13.0 Å². The summed E-state index contributed by atoms with van der Waals surface area (Å²) in [7, 11) is 0. The number of imide groups is 1. The number of hydrogen-bond acceptors (Lipinski definition) is 6. The molecular formula is C24H24BrFN2O5S. The van der Waals surface area contributed by atoms with Crippen molar-refractivity contribution in [2.75, 3.05) is 18.5 Å². The summed E-state index contributed by atoms with van der Waals surface area (Å²) in [5.41, 5.74) is 0.863. The first-order valence-corrected chi connectivity index (χ1v) is 12.3. The van der Waals surface area contributed by atoms with E-state index < -0.39 is 29.4 Å². The molecule has 0 saturated carbocycles. The van der Waals surface area contributed by atoms with E-state index in [0.29, 0.717) is 28.1 Å². The second kappa shape index (κ2) is 11.5. The molecule has 7 nitrogen and oxygen atoms in total. The second-order valence-electron chi connectivity index (χ2n) is 7.43. The van der Waals surface area contributed by atoms with Gasteiger partial charge in [-0.2, -0.15) is 0 Å². The van der Waals surface area contributed by atoms with Crippen LogP contribution in [0.3, 0.4) is 0 Å². The normalized spacial score (nSPS) is 15.6. The Morgan fingerprint density at radius 2 is 2.03 bits per heavy atom. The smallest absolute Gasteiger partial charge is 0.294 e. The summed E-state index contributed by atoms with van der Waals surface area (Å²) in [5.74, 6) is -0.627. The zero-order valence-corrected chi connectivity index (χ0v) is 21.3. The molecule has 1 aliphatic rings. The maximum Gasteiger partial charge on any atom is 0.294 e. The van der Waals surface area contributed by atoms with E-state index in [-0.39, 0.29) is 16.7 Å². The highest BCUT2D eigenvalue weighted by Crippen LogP contribution is 2.40. The molecule has 0 unspecified atom stereocenters. The minimum Gasteiger partial charge on any atom is -0.490 e. The molecule has 1 heterocycles. The number of hydrogen-bond donors (Lipinski definition) is 1. The predicted molar refractivity (Wildman–Crippen MR) is 133 cm³/mol. The Bertz CT molecular complexity index is 1140. The van der Waals surface area contributed by atoms with Crippen LogP contribution in [0.1, 0.15) is 32.8 Å². The molecule has 34 heavy (non-hydrogen) atoms. The largest absolute Gasteiger partial charge is 0.490 e. The van der Waals surface area contributed by atoms with Gasteiger partial charge in [-0.15, -0.1) is 0 Å². The van der Waals surface area contributed by atoms with E-state index in [2.05, 4.69) is 21.2 Å². The zero-order valence-electron chi connectivity index (χ0n) is 18.9. The highest BCUT2D eigenvalue weighted by molar-refractivity contribution is 9.10. The van der Waals surface area contributed by atoms with Gasteiger partial charge in [-0.3, -0.25) is 19.3 Å². The van der Waals surface area contributed by atoms with Crippen LogP contribution < -0.4 is 14.8 Å². The fraction of sp³-hybridized carbons (Fsp3) is 0.292. The molecule has 0 aromatic heterocycles. The van der Waals surface area contributed by atoms with Gasteiger partial charge in [0.05, 0.1) is 22.1 Å². The lowest BCUT2D eigenvalue weighted by atomic mass is 10.1. The lowest BCUT2D eigenvalue weighted by Gasteiger charge is -2.18. The minimum absolute atomic E-state index is 0.0172. The van der Waals surface area contributed by atoms with Gasteiger partial charge < -0.3 is 14.8 Å². The van der Waals surface area contributed by atoms with Crippen molar-refractivity contribution >= 4 is 56.5 Å². The first kappa shape index (κ1) is 25.8. The molecule has 2 aromatic carbocycles. The number of ether oxygens (including phenoxy) is 2. The predicted octanol–water partition coefficient (Wildman–Crippen LogP) is 5.84. The topological polar surface area (TPSA) is 84.9 Å². The zero-order chi connectivity index (χ0) is 24.8.